The van der Waals surface area contributed by atoms with E-state index in [1.807, 2.05) is 0 Å². The van der Waals surface area contributed by atoms with Gasteiger partial charge in [-0.25, -0.2) is 0 Å². The third-order valence-electron chi connectivity index (χ3n) is 8.89. The summed E-state index contributed by atoms with van der Waals surface area (Å²) in [5, 5.41) is 28.6. The molecule has 0 aromatic carbocycles. The number of unbranched alkanes of at least 4 members (excludes halogenated alkanes) is 13. The molecule has 1 fully saturated rings. The highest BCUT2D eigenvalue weighted by Gasteiger charge is 2.22. The minimum atomic E-state index is -1.06. The highest BCUT2D eigenvalue weighted by atomic mass is 32.2. The molecule has 1 aliphatic heterocycles. The van der Waals surface area contributed by atoms with Gasteiger partial charge >= 0.3 is 11.9 Å². The second-order valence-electron chi connectivity index (χ2n) is 13.9. The molecule has 1 rings (SSSR count). The number of hydrogen-bond acceptors (Lipinski definition) is 12. The van der Waals surface area contributed by atoms with Crippen LogP contribution < -0.4 is 10.6 Å². The third kappa shape index (κ3) is 33.2. The number of thioether (sulfide) groups is 2. The Morgan fingerprint density at radius 3 is 1.75 bits per heavy atom. The summed E-state index contributed by atoms with van der Waals surface area (Å²) in [6, 6.07) is 0. The molecule has 0 radical (unpaired) electrons. The number of Topliss-reactive ketones (excluding diaryl/α,β-unsaturated/α-hetero) is 2. The lowest BCUT2D eigenvalue weighted by Gasteiger charge is -2.12. The van der Waals surface area contributed by atoms with E-state index in [9.17, 15) is 33.9 Å². The SMILES string of the molecule is O=C(O)CCCCCCCCCCCCCCCCC(=O)C[C@@H](CCC(=O)NCCOCCOCC(=O)CCCNC(=O)CON=C1CSCSC1)C(=O)O. The van der Waals surface area contributed by atoms with Gasteiger partial charge in [0.2, 0.25) is 5.91 Å². The van der Waals surface area contributed by atoms with E-state index < -0.39 is 17.9 Å². The molecule has 0 bridgehead atoms. The molecule has 1 atom stereocenters. The van der Waals surface area contributed by atoms with Crippen LogP contribution in [0, 0.1) is 5.92 Å². The Balaban J connectivity index is 1.93. The van der Waals surface area contributed by atoms with Crippen molar-refractivity contribution in [2.75, 3.05) is 62.7 Å². The average Bonchev–Trinajstić information content (AvgIpc) is 3.16. The van der Waals surface area contributed by atoms with E-state index >= 15 is 0 Å². The van der Waals surface area contributed by atoms with Gasteiger partial charge in [-0.2, -0.15) is 0 Å². The van der Waals surface area contributed by atoms with Crippen LogP contribution in [0.1, 0.15) is 135 Å². The molecule has 0 saturated carbocycles. The molecule has 0 spiro atoms. The van der Waals surface area contributed by atoms with Gasteiger partial charge in [0.25, 0.3) is 5.91 Å². The Morgan fingerprint density at radius 1 is 0.600 bits per heavy atom. The number of nitrogens with one attached hydrogen (secondary N) is 2. The number of carboxylic acid groups (broad SMARTS) is 2. The lowest BCUT2D eigenvalue weighted by molar-refractivity contribution is -0.144. The maximum absolute atomic E-state index is 12.4. The smallest absolute Gasteiger partial charge is 0.306 e. The fourth-order valence-electron chi connectivity index (χ4n) is 5.76. The van der Waals surface area contributed by atoms with Gasteiger partial charge in [0.05, 0.1) is 31.5 Å². The normalized spacial score (nSPS) is 13.2. The van der Waals surface area contributed by atoms with Crippen molar-refractivity contribution in [2.24, 2.45) is 11.1 Å². The van der Waals surface area contributed by atoms with Crippen molar-refractivity contribution in [1.82, 2.24) is 10.6 Å². The van der Waals surface area contributed by atoms with Crippen molar-refractivity contribution in [1.29, 1.82) is 0 Å². The lowest BCUT2D eigenvalue weighted by atomic mass is 9.94. The average molecular weight is 818 g/mol. The highest BCUT2D eigenvalue weighted by Crippen LogP contribution is 2.19. The molecule has 316 valence electrons. The van der Waals surface area contributed by atoms with E-state index in [0.29, 0.717) is 19.4 Å². The standard InChI is InChI=1S/C39H67N3O11S2/c43-34(16-13-11-9-7-5-3-1-2-4-6-8-10-12-14-18-38(47)48)26-32(39(49)50)19-20-36(45)41-22-23-51-24-25-52-27-35(44)17-15-21-40-37(46)28-53-42-33-29-54-31-55-30-33/h32H,1-31H2,(H,40,46)(H,41,45)(H,47,48)(H,49,50)/t32-/m1/s1. The maximum Gasteiger partial charge on any atom is 0.306 e. The number of ketones is 2. The van der Waals surface area contributed by atoms with E-state index in [1.54, 1.807) is 23.5 Å². The predicted molar refractivity (Wildman–Crippen MR) is 217 cm³/mol. The van der Waals surface area contributed by atoms with Gasteiger partial charge in [-0.15, -0.1) is 23.5 Å². The van der Waals surface area contributed by atoms with E-state index in [1.165, 1.54) is 44.9 Å². The minimum absolute atomic E-state index is 0.00945. The van der Waals surface area contributed by atoms with Gasteiger partial charge in [-0.3, -0.25) is 28.8 Å². The Labute approximate surface area is 336 Å². The van der Waals surface area contributed by atoms with E-state index in [2.05, 4.69) is 15.8 Å². The first-order valence-electron chi connectivity index (χ1n) is 20.2. The highest BCUT2D eigenvalue weighted by molar-refractivity contribution is 8.17. The number of aliphatic carboxylic acids is 2. The summed E-state index contributed by atoms with van der Waals surface area (Å²) in [6.07, 6.45) is 16.8. The van der Waals surface area contributed by atoms with Crippen LogP contribution in [0.2, 0.25) is 0 Å². The topological polar surface area (TPSA) is 207 Å². The van der Waals surface area contributed by atoms with Crippen molar-refractivity contribution >= 4 is 64.6 Å². The molecule has 14 nitrogen and oxygen atoms in total. The molecule has 0 aromatic rings. The Morgan fingerprint density at radius 2 is 1.15 bits per heavy atom. The van der Waals surface area contributed by atoms with E-state index in [4.69, 9.17) is 19.4 Å². The Bertz CT molecular complexity index is 1120. The molecule has 16 heteroatoms. The van der Waals surface area contributed by atoms with Crippen LogP contribution in [0.15, 0.2) is 5.16 Å². The van der Waals surface area contributed by atoms with Gasteiger partial charge in [0.15, 0.2) is 12.4 Å². The maximum atomic E-state index is 12.4. The molecule has 1 heterocycles. The van der Waals surface area contributed by atoms with Crippen molar-refractivity contribution in [2.45, 2.75) is 135 Å². The summed E-state index contributed by atoms with van der Waals surface area (Å²) < 4.78 is 10.7. The first-order chi connectivity index (χ1) is 26.7. The van der Waals surface area contributed by atoms with Gasteiger partial charge in [0.1, 0.15) is 12.4 Å². The van der Waals surface area contributed by atoms with Crippen LogP contribution in [-0.2, 0) is 43.1 Å². The van der Waals surface area contributed by atoms with Crippen molar-refractivity contribution in [3.8, 4) is 0 Å². The molecule has 0 unspecified atom stereocenters. The summed E-state index contributed by atoms with van der Waals surface area (Å²) in [5.41, 5.74) is 0.931. The molecule has 4 N–H and O–H groups in total. The zero-order valence-electron chi connectivity index (χ0n) is 32.8. The zero-order chi connectivity index (χ0) is 40.2. The lowest BCUT2D eigenvalue weighted by Crippen LogP contribution is -2.29. The molecule has 1 aliphatic rings. The van der Waals surface area contributed by atoms with Gasteiger partial charge in [-0.05, 0) is 25.7 Å². The van der Waals surface area contributed by atoms with Crippen molar-refractivity contribution < 1.29 is 53.3 Å². The summed E-state index contributed by atoms with van der Waals surface area (Å²) in [7, 11) is 0. The van der Waals surface area contributed by atoms with Crippen molar-refractivity contribution in [3.05, 3.63) is 0 Å². The molecular formula is C39H67N3O11S2. The molecule has 2 amide bonds. The van der Waals surface area contributed by atoms with Crippen LogP contribution in [0.5, 0.6) is 0 Å². The van der Waals surface area contributed by atoms with Crippen molar-refractivity contribution in [3.63, 3.8) is 0 Å². The Hall–Kier alpha value is -2.69. The molecule has 55 heavy (non-hydrogen) atoms. The van der Waals surface area contributed by atoms with E-state index in [0.717, 1.165) is 67.2 Å². The summed E-state index contributed by atoms with van der Waals surface area (Å²) in [4.78, 5) is 75.7. The molecule has 1 saturated heterocycles. The number of oxime groups is 1. The summed E-state index contributed by atoms with van der Waals surface area (Å²) in [6.45, 7) is 1.08. The largest absolute Gasteiger partial charge is 0.481 e. The second-order valence-corrected chi connectivity index (χ2v) is 16.2. The molecule has 0 aliphatic carbocycles. The van der Waals surface area contributed by atoms with Crippen LogP contribution in [0.4, 0.5) is 0 Å². The fraction of sp³-hybridized carbons (Fsp3) is 0.821. The van der Waals surface area contributed by atoms with Crippen LogP contribution in [0.25, 0.3) is 0 Å². The predicted octanol–water partition coefficient (Wildman–Crippen LogP) is 6.18. The monoisotopic (exact) mass is 817 g/mol. The van der Waals surface area contributed by atoms with Gasteiger partial charge in [-0.1, -0.05) is 82.2 Å². The first-order valence-corrected chi connectivity index (χ1v) is 22.5. The number of amides is 2. The summed E-state index contributed by atoms with van der Waals surface area (Å²) >= 11 is 3.53. The minimum Gasteiger partial charge on any atom is -0.481 e. The van der Waals surface area contributed by atoms with Crippen LogP contribution >= 0.6 is 23.5 Å². The molecule has 0 aromatic heterocycles. The first kappa shape index (κ1) is 50.3. The van der Waals surface area contributed by atoms with Gasteiger partial charge in [0, 0.05) is 61.8 Å². The number of rotatable bonds is 38. The van der Waals surface area contributed by atoms with Gasteiger partial charge < -0.3 is 35.2 Å². The number of nitrogens with zero attached hydrogens (tertiary/aromatic N) is 1. The summed E-state index contributed by atoms with van der Waals surface area (Å²) in [5.74, 6) is -1.76. The number of carboxylic acids is 2. The number of hydrogen-bond donors (Lipinski definition) is 4. The zero-order valence-corrected chi connectivity index (χ0v) is 34.5. The second kappa shape index (κ2) is 35.7. The quantitative estimate of drug-likeness (QED) is 0.0406. The fourth-order valence-corrected chi connectivity index (χ4v) is 7.81. The van der Waals surface area contributed by atoms with Crippen LogP contribution in [0.3, 0.4) is 0 Å². The molecular weight excluding hydrogens is 751 g/mol. The van der Waals surface area contributed by atoms with E-state index in [-0.39, 0.29) is 95.1 Å². The Kier molecular flexibility index (Phi) is 32.7. The van der Waals surface area contributed by atoms with Crippen LogP contribution in [-0.4, -0.2) is 114 Å². The third-order valence-corrected chi connectivity index (χ3v) is 11.3. The number of carbonyl (C=O) groups excluding carboxylic acids is 4. The number of ether oxygens (including phenoxy) is 2. The number of carbonyl (C=O) groups is 6.